The van der Waals surface area contributed by atoms with E-state index in [2.05, 4.69) is 9.97 Å². The first-order chi connectivity index (χ1) is 13.5. The second-order valence-electron chi connectivity index (χ2n) is 6.36. The van der Waals surface area contributed by atoms with E-state index in [0.717, 1.165) is 12.2 Å². The lowest BCUT2D eigenvalue weighted by Crippen LogP contribution is -2.32. The van der Waals surface area contributed by atoms with E-state index in [0.29, 0.717) is 40.5 Å². The molecule has 0 radical (unpaired) electrons. The van der Waals surface area contributed by atoms with Crippen molar-refractivity contribution in [3.05, 3.63) is 69.2 Å². The number of ether oxygens (including phenoxy) is 1. The Labute approximate surface area is 168 Å². The van der Waals surface area contributed by atoms with Gasteiger partial charge < -0.3 is 14.6 Å². The van der Waals surface area contributed by atoms with Gasteiger partial charge in [-0.2, -0.15) is 0 Å². The standard InChI is InChI=1S/C21H22ClN3O3/c1-3-11-25(21(27)14-5-8-16(9-6-14)28-4-2)13-19-23-18-12-15(22)7-10-17(18)20(26)24-19/h5-10,12H,3-4,11,13H2,1-2H3,(H,23,24,26). The van der Waals surface area contributed by atoms with Crippen LogP contribution in [0.1, 0.15) is 36.5 Å². The minimum atomic E-state index is -0.248. The summed E-state index contributed by atoms with van der Waals surface area (Å²) >= 11 is 6.02. The Balaban J connectivity index is 1.87. The van der Waals surface area contributed by atoms with Crippen LogP contribution in [0, 0.1) is 0 Å². The molecule has 0 saturated heterocycles. The molecule has 28 heavy (non-hydrogen) atoms. The van der Waals surface area contributed by atoms with Crippen LogP contribution in [-0.2, 0) is 6.54 Å². The highest BCUT2D eigenvalue weighted by atomic mass is 35.5. The van der Waals surface area contributed by atoms with Gasteiger partial charge in [0.2, 0.25) is 0 Å². The van der Waals surface area contributed by atoms with Gasteiger partial charge in [-0.3, -0.25) is 9.59 Å². The first-order valence-corrected chi connectivity index (χ1v) is 9.60. The summed E-state index contributed by atoms with van der Waals surface area (Å²) in [6.07, 6.45) is 0.784. The van der Waals surface area contributed by atoms with Crippen LogP contribution in [-0.4, -0.2) is 33.9 Å². The molecule has 6 nitrogen and oxygen atoms in total. The molecule has 1 amide bonds. The van der Waals surface area contributed by atoms with Crippen LogP contribution in [0.5, 0.6) is 5.75 Å². The van der Waals surface area contributed by atoms with Gasteiger partial charge >= 0.3 is 0 Å². The Hall–Kier alpha value is -2.86. The number of halogens is 1. The highest BCUT2D eigenvalue weighted by molar-refractivity contribution is 6.31. The molecule has 1 heterocycles. The molecule has 0 aliphatic carbocycles. The normalized spacial score (nSPS) is 10.8. The van der Waals surface area contributed by atoms with Gasteiger partial charge in [0.05, 0.1) is 24.1 Å². The van der Waals surface area contributed by atoms with Crippen molar-refractivity contribution in [2.24, 2.45) is 0 Å². The summed E-state index contributed by atoms with van der Waals surface area (Å²) in [5, 5.41) is 0.973. The summed E-state index contributed by atoms with van der Waals surface area (Å²) < 4.78 is 5.42. The van der Waals surface area contributed by atoms with Crippen molar-refractivity contribution >= 4 is 28.4 Å². The monoisotopic (exact) mass is 399 g/mol. The van der Waals surface area contributed by atoms with Crippen LogP contribution in [0.15, 0.2) is 47.3 Å². The van der Waals surface area contributed by atoms with Gasteiger partial charge in [0.15, 0.2) is 0 Å². The fourth-order valence-electron chi connectivity index (χ4n) is 2.98. The summed E-state index contributed by atoms with van der Waals surface area (Å²) in [5.74, 6) is 1.02. The molecule has 0 saturated carbocycles. The molecule has 146 valence electrons. The maximum Gasteiger partial charge on any atom is 0.258 e. The molecule has 3 rings (SSSR count). The Morgan fingerprint density at radius 1 is 1.18 bits per heavy atom. The molecule has 0 aliphatic rings. The van der Waals surface area contributed by atoms with E-state index in [1.165, 1.54) is 0 Å². The van der Waals surface area contributed by atoms with Gasteiger partial charge in [0.25, 0.3) is 11.5 Å². The van der Waals surface area contributed by atoms with Crippen molar-refractivity contribution in [1.29, 1.82) is 0 Å². The minimum Gasteiger partial charge on any atom is -0.494 e. The number of rotatable bonds is 7. The SMILES string of the molecule is CCCN(Cc1nc2cc(Cl)ccc2c(=O)[nH]1)C(=O)c1ccc(OCC)cc1. The number of nitrogens with zero attached hydrogens (tertiary/aromatic N) is 2. The highest BCUT2D eigenvalue weighted by Crippen LogP contribution is 2.17. The summed E-state index contributed by atoms with van der Waals surface area (Å²) in [6.45, 7) is 5.22. The molecule has 0 bridgehead atoms. The van der Waals surface area contributed by atoms with Gasteiger partial charge in [-0.15, -0.1) is 0 Å². The predicted octanol–water partition coefficient (Wildman–Crippen LogP) is 4.03. The lowest BCUT2D eigenvalue weighted by molar-refractivity contribution is 0.0739. The lowest BCUT2D eigenvalue weighted by atomic mass is 10.2. The van der Waals surface area contributed by atoms with Gasteiger partial charge in [-0.1, -0.05) is 18.5 Å². The Morgan fingerprint density at radius 3 is 2.61 bits per heavy atom. The van der Waals surface area contributed by atoms with Crippen LogP contribution in [0.25, 0.3) is 10.9 Å². The molecule has 3 aromatic rings. The third-order valence-electron chi connectivity index (χ3n) is 4.25. The fourth-order valence-corrected chi connectivity index (χ4v) is 3.15. The average Bonchev–Trinajstić information content (AvgIpc) is 2.67. The zero-order chi connectivity index (χ0) is 20.1. The number of carbonyl (C=O) groups excluding carboxylic acids is 1. The number of hydrogen-bond acceptors (Lipinski definition) is 4. The second kappa shape index (κ2) is 8.89. The molecule has 1 N–H and O–H groups in total. The summed E-state index contributed by atoms with van der Waals surface area (Å²) in [5.41, 5.74) is 0.820. The number of hydrogen-bond donors (Lipinski definition) is 1. The zero-order valence-corrected chi connectivity index (χ0v) is 16.6. The number of carbonyl (C=O) groups is 1. The summed E-state index contributed by atoms with van der Waals surface area (Å²) in [6, 6.07) is 12.0. The summed E-state index contributed by atoms with van der Waals surface area (Å²) in [7, 11) is 0. The number of nitrogens with one attached hydrogen (secondary N) is 1. The lowest BCUT2D eigenvalue weighted by Gasteiger charge is -2.22. The van der Waals surface area contributed by atoms with E-state index in [9.17, 15) is 9.59 Å². The van der Waals surface area contributed by atoms with Crippen LogP contribution in [0.2, 0.25) is 5.02 Å². The van der Waals surface area contributed by atoms with E-state index in [-0.39, 0.29) is 18.0 Å². The number of benzene rings is 2. The Kier molecular flexibility index (Phi) is 6.31. The van der Waals surface area contributed by atoms with E-state index >= 15 is 0 Å². The van der Waals surface area contributed by atoms with Crippen molar-refractivity contribution in [3.63, 3.8) is 0 Å². The molecular weight excluding hydrogens is 378 g/mol. The smallest absolute Gasteiger partial charge is 0.258 e. The van der Waals surface area contributed by atoms with Crippen LogP contribution in [0.3, 0.4) is 0 Å². The average molecular weight is 400 g/mol. The molecule has 0 fully saturated rings. The van der Waals surface area contributed by atoms with Crippen molar-refractivity contribution in [3.8, 4) is 5.75 Å². The minimum absolute atomic E-state index is 0.126. The predicted molar refractivity (Wildman–Crippen MR) is 110 cm³/mol. The maximum absolute atomic E-state index is 13.0. The molecule has 2 aromatic carbocycles. The number of fused-ring (bicyclic) bond motifs is 1. The number of amides is 1. The zero-order valence-electron chi connectivity index (χ0n) is 15.9. The van der Waals surface area contributed by atoms with Crippen molar-refractivity contribution in [1.82, 2.24) is 14.9 Å². The van der Waals surface area contributed by atoms with Crippen LogP contribution in [0.4, 0.5) is 0 Å². The quantitative estimate of drug-likeness (QED) is 0.650. The summed E-state index contributed by atoms with van der Waals surface area (Å²) in [4.78, 5) is 34.2. The van der Waals surface area contributed by atoms with Crippen LogP contribution < -0.4 is 10.3 Å². The molecule has 0 atom stereocenters. The first-order valence-electron chi connectivity index (χ1n) is 9.22. The molecular formula is C21H22ClN3O3. The van der Waals surface area contributed by atoms with E-state index in [1.54, 1.807) is 47.4 Å². The molecule has 1 aromatic heterocycles. The Morgan fingerprint density at radius 2 is 1.93 bits per heavy atom. The number of aromatic amines is 1. The molecule has 0 aliphatic heterocycles. The topological polar surface area (TPSA) is 75.3 Å². The maximum atomic E-state index is 13.0. The Bertz CT molecular complexity index is 1030. The highest BCUT2D eigenvalue weighted by Gasteiger charge is 2.17. The van der Waals surface area contributed by atoms with E-state index in [1.807, 2.05) is 13.8 Å². The largest absolute Gasteiger partial charge is 0.494 e. The second-order valence-corrected chi connectivity index (χ2v) is 6.79. The van der Waals surface area contributed by atoms with Crippen molar-refractivity contribution in [2.75, 3.05) is 13.2 Å². The van der Waals surface area contributed by atoms with Gasteiger partial charge in [-0.05, 0) is 55.8 Å². The van der Waals surface area contributed by atoms with Gasteiger partial charge in [0, 0.05) is 17.1 Å². The third-order valence-corrected chi connectivity index (χ3v) is 4.49. The van der Waals surface area contributed by atoms with Gasteiger partial charge in [0.1, 0.15) is 11.6 Å². The third kappa shape index (κ3) is 4.51. The molecule has 0 unspecified atom stereocenters. The van der Waals surface area contributed by atoms with E-state index in [4.69, 9.17) is 16.3 Å². The molecule has 0 spiro atoms. The first kappa shape index (κ1) is 19.9. The van der Waals surface area contributed by atoms with Crippen molar-refractivity contribution < 1.29 is 9.53 Å². The number of H-pyrrole nitrogens is 1. The van der Waals surface area contributed by atoms with E-state index < -0.39 is 0 Å². The van der Waals surface area contributed by atoms with Gasteiger partial charge in [-0.25, -0.2) is 4.98 Å². The van der Waals surface area contributed by atoms with Crippen molar-refractivity contribution in [2.45, 2.75) is 26.8 Å². The molecule has 7 heteroatoms. The fraction of sp³-hybridized carbons (Fsp3) is 0.286. The van der Waals surface area contributed by atoms with Crippen LogP contribution >= 0.6 is 11.6 Å². The number of aromatic nitrogens is 2.